The van der Waals surface area contributed by atoms with Crippen LogP contribution >= 0.6 is 11.3 Å². The largest absolute Gasteiger partial charge is 0.362 e. The number of thiophene rings is 1. The number of hydrogen-bond acceptors (Lipinski definition) is 4. The van der Waals surface area contributed by atoms with Crippen molar-refractivity contribution >= 4 is 22.8 Å². The third-order valence-electron chi connectivity index (χ3n) is 4.88. The van der Waals surface area contributed by atoms with Gasteiger partial charge >= 0.3 is 0 Å². The third kappa shape index (κ3) is 3.29. The van der Waals surface area contributed by atoms with Gasteiger partial charge < -0.3 is 5.11 Å². The van der Waals surface area contributed by atoms with E-state index in [9.17, 15) is 9.90 Å². The van der Waals surface area contributed by atoms with Crippen LogP contribution in [-0.4, -0.2) is 16.1 Å². The predicted molar refractivity (Wildman–Crippen MR) is 110 cm³/mol. The lowest BCUT2D eigenvalue weighted by molar-refractivity contribution is -0.262. The van der Waals surface area contributed by atoms with Crippen molar-refractivity contribution in [1.82, 2.24) is 5.06 Å². The van der Waals surface area contributed by atoms with Gasteiger partial charge in [-0.1, -0.05) is 54.1 Å². The maximum Gasteiger partial charge on any atom is 0.281 e. The van der Waals surface area contributed by atoms with Crippen LogP contribution in [0.25, 0.3) is 5.57 Å². The zero-order valence-corrected chi connectivity index (χ0v) is 16.6. The van der Waals surface area contributed by atoms with E-state index in [0.717, 1.165) is 27.3 Å². The molecule has 0 saturated carbocycles. The van der Waals surface area contributed by atoms with Crippen LogP contribution in [0.2, 0.25) is 0 Å². The highest BCUT2D eigenvalue weighted by Gasteiger charge is 2.47. The van der Waals surface area contributed by atoms with E-state index in [-0.39, 0.29) is 12.5 Å². The van der Waals surface area contributed by atoms with Gasteiger partial charge in [-0.15, -0.1) is 0 Å². The summed E-state index contributed by atoms with van der Waals surface area (Å²) in [6, 6.07) is 17.2. The molecule has 2 aromatic carbocycles. The molecule has 0 saturated heterocycles. The average molecular weight is 391 g/mol. The number of hydroxylamine groups is 2. The van der Waals surface area contributed by atoms with Crippen LogP contribution in [0.15, 0.2) is 71.4 Å². The van der Waals surface area contributed by atoms with Crippen LogP contribution < -0.4 is 0 Å². The summed E-state index contributed by atoms with van der Waals surface area (Å²) in [5.41, 5.74) is 3.09. The summed E-state index contributed by atoms with van der Waals surface area (Å²) < 4.78 is 0. The topological polar surface area (TPSA) is 49.8 Å². The van der Waals surface area contributed by atoms with Gasteiger partial charge in [0.25, 0.3) is 5.91 Å². The van der Waals surface area contributed by atoms with E-state index in [1.54, 1.807) is 6.08 Å². The summed E-state index contributed by atoms with van der Waals surface area (Å²) in [6.07, 6.45) is 1.60. The van der Waals surface area contributed by atoms with E-state index in [4.69, 9.17) is 4.84 Å². The number of amides is 1. The Bertz CT molecular complexity index is 1030. The van der Waals surface area contributed by atoms with Gasteiger partial charge in [0.2, 0.25) is 5.72 Å². The van der Waals surface area contributed by atoms with Crippen molar-refractivity contribution < 1.29 is 14.7 Å². The molecule has 0 fully saturated rings. The molecule has 5 heteroatoms. The highest BCUT2D eigenvalue weighted by molar-refractivity contribution is 7.08. The molecule has 1 aromatic heterocycles. The smallest absolute Gasteiger partial charge is 0.281 e. The van der Waals surface area contributed by atoms with Crippen molar-refractivity contribution in [1.29, 1.82) is 0 Å². The quantitative estimate of drug-likeness (QED) is 0.693. The molecule has 142 valence electrons. The van der Waals surface area contributed by atoms with Gasteiger partial charge in [0, 0.05) is 5.56 Å². The van der Waals surface area contributed by atoms with Crippen LogP contribution in [0.5, 0.6) is 0 Å². The fourth-order valence-corrected chi connectivity index (χ4v) is 4.15. The van der Waals surface area contributed by atoms with E-state index in [1.165, 1.54) is 11.3 Å². The fraction of sp³-hybridized carbons (Fsp3) is 0.174. The normalized spacial score (nSPS) is 19.2. The summed E-state index contributed by atoms with van der Waals surface area (Å²) in [4.78, 5) is 19.0. The number of aliphatic hydroxyl groups is 1. The number of carbonyl (C=O) groups is 1. The lowest BCUT2D eigenvalue weighted by atomic mass is 9.95. The molecule has 0 aliphatic carbocycles. The van der Waals surface area contributed by atoms with Crippen molar-refractivity contribution in [3.05, 3.63) is 99.3 Å². The number of aryl methyl sites for hydroxylation is 2. The molecule has 0 radical (unpaired) electrons. The van der Waals surface area contributed by atoms with Gasteiger partial charge in [-0.3, -0.25) is 9.63 Å². The van der Waals surface area contributed by atoms with Gasteiger partial charge in [-0.05, 0) is 53.4 Å². The molecule has 1 unspecified atom stereocenters. The first-order chi connectivity index (χ1) is 13.5. The Morgan fingerprint density at radius 1 is 1.11 bits per heavy atom. The molecule has 4 nitrogen and oxygen atoms in total. The standard InChI is InChI=1S/C23H21NO3S/c1-16-8-9-21(17(2)12-16)23(26)13-20(19-10-11-28-15-19)22(25)24(23)27-14-18-6-4-3-5-7-18/h3-13,15,26H,14H2,1-2H3. The molecule has 0 bridgehead atoms. The summed E-state index contributed by atoms with van der Waals surface area (Å²) in [7, 11) is 0. The highest BCUT2D eigenvalue weighted by atomic mass is 32.1. The Morgan fingerprint density at radius 2 is 1.89 bits per heavy atom. The van der Waals surface area contributed by atoms with Crippen molar-refractivity contribution in [3.63, 3.8) is 0 Å². The lowest BCUT2D eigenvalue weighted by Crippen LogP contribution is -2.44. The Kier molecular flexibility index (Phi) is 4.89. The van der Waals surface area contributed by atoms with Gasteiger partial charge in [0.05, 0.1) is 5.57 Å². The predicted octanol–water partition coefficient (Wildman–Crippen LogP) is 4.57. The van der Waals surface area contributed by atoms with Gasteiger partial charge in [-0.25, -0.2) is 0 Å². The number of nitrogens with zero attached hydrogens (tertiary/aromatic N) is 1. The van der Waals surface area contributed by atoms with E-state index < -0.39 is 5.72 Å². The van der Waals surface area contributed by atoms with Crippen molar-refractivity contribution in [2.75, 3.05) is 0 Å². The molecule has 1 amide bonds. The summed E-state index contributed by atoms with van der Waals surface area (Å²) in [6.45, 7) is 4.11. The molecular formula is C23H21NO3S. The molecule has 28 heavy (non-hydrogen) atoms. The molecule has 2 heterocycles. The molecule has 1 N–H and O–H groups in total. The minimum Gasteiger partial charge on any atom is -0.362 e. The first-order valence-corrected chi connectivity index (χ1v) is 10.0. The average Bonchev–Trinajstić information content (AvgIpc) is 3.28. The molecule has 1 aliphatic heterocycles. The van der Waals surface area contributed by atoms with Crippen molar-refractivity contribution in [2.45, 2.75) is 26.2 Å². The first-order valence-electron chi connectivity index (χ1n) is 9.06. The SMILES string of the molecule is Cc1ccc(C2(O)C=C(c3ccsc3)C(=O)N2OCc2ccccc2)c(C)c1. The Hall–Kier alpha value is -2.73. The summed E-state index contributed by atoms with van der Waals surface area (Å²) in [5.74, 6) is -0.350. The van der Waals surface area contributed by atoms with Crippen LogP contribution in [0.3, 0.4) is 0 Å². The Morgan fingerprint density at radius 3 is 2.57 bits per heavy atom. The molecular weight excluding hydrogens is 370 g/mol. The maximum absolute atomic E-state index is 13.2. The third-order valence-corrected chi connectivity index (χ3v) is 5.57. The zero-order valence-electron chi connectivity index (χ0n) is 15.8. The van der Waals surface area contributed by atoms with Crippen molar-refractivity contribution in [2.24, 2.45) is 0 Å². The van der Waals surface area contributed by atoms with Crippen molar-refractivity contribution in [3.8, 4) is 0 Å². The number of carbonyl (C=O) groups excluding carboxylic acids is 1. The monoisotopic (exact) mass is 391 g/mol. The molecule has 0 spiro atoms. The maximum atomic E-state index is 13.2. The number of rotatable bonds is 5. The van der Waals surface area contributed by atoms with Crippen LogP contribution in [0, 0.1) is 13.8 Å². The fourth-order valence-electron chi connectivity index (χ4n) is 3.49. The molecule has 4 rings (SSSR count). The van der Waals surface area contributed by atoms with E-state index in [1.807, 2.05) is 79.2 Å². The van der Waals surface area contributed by atoms with Crippen LogP contribution in [0.4, 0.5) is 0 Å². The molecule has 3 aromatic rings. The molecule has 1 atom stereocenters. The van der Waals surface area contributed by atoms with E-state index >= 15 is 0 Å². The van der Waals surface area contributed by atoms with E-state index in [0.29, 0.717) is 11.1 Å². The van der Waals surface area contributed by atoms with Gasteiger partial charge in [0.1, 0.15) is 6.61 Å². The Labute approximate surface area is 168 Å². The summed E-state index contributed by atoms with van der Waals surface area (Å²) >= 11 is 1.51. The number of hydrogen-bond donors (Lipinski definition) is 1. The highest BCUT2D eigenvalue weighted by Crippen LogP contribution is 2.41. The minimum atomic E-state index is -1.67. The minimum absolute atomic E-state index is 0.185. The second-order valence-electron chi connectivity index (χ2n) is 6.97. The zero-order chi connectivity index (χ0) is 19.7. The summed E-state index contributed by atoms with van der Waals surface area (Å²) in [5, 5.41) is 16.5. The second-order valence-corrected chi connectivity index (χ2v) is 7.75. The Balaban J connectivity index is 1.75. The van der Waals surface area contributed by atoms with Crippen LogP contribution in [-0.2, 0) is 22.0 Å². The van der Waals surface area contributed by atoms with Gasteiger partial charge in [-0.2, -0.15) is 16.4 Å². The van der Waals surface area contributed by atoms with E-state index in [2.05, 4.69) is 0 Å². The second kappa shape index (κ2) is 7.36. The van der Waals surface area contributed by atoms with Crippen LogP contribution in [0.1, 0.15) is 27.8 Å². The van der Waals surface area contributed by atoms with Gasteiger partial charge in [0.15, 0.2) is 0 Å². The first kappa shape index (κ1) is 18.6. The lowest BCUT2D eigenvalue weighted by Gasteiger charge is -2.33. The number of benzene rings is 2. The molecule has 1 aliphatic rings.